The van der Waals surface area contributed by atoms with Crippen LogP contribution in [0.1, 0.15) is 64.2 Å². The molecule has 0 saturated carbocycles. The lowest BCUT2D eigenvalue weighted by Crippen LogP contribution is -2.15. The van der Waals surface area contributed by atoms with Crippen molar-refractivity contribution in [2.24, 2.45) is 5.92 Å². The Morgan fingerprint density at radius 1 is 0.789 bits per heavy atom. The molecule has 0 aromatic heterocycles. The minimum atomic E-state index is -0.817. The van der Waals surface area contributed by atoms with Gasteiger partial charge in [-0.3, -0.25) is 9.59 Å². The number of carbonyl (C=O) groups is 2. The summed E-state index contributed by atoms with van der Waals surface area (Å²) in [5, 5.41) is 26.1. The van der Waals surface area contributed by atoms with Crippen molar-refractivity contribution in [3.63, 3.8) is 0 Å². The molecular weight excluding hydrogens is 248 g/mol. The maximum absolute atomic E-state index is 10.8. The highest BCUT2D eigenvalue weighted by Crippen LogP contribution is 2.15. The fourth-order valence-corrected chi connectivity index (χ4v) is 2.10. The van der Waals surface area contributed by atoms with E-state index in [9.17, 15) is 9.59 Å². The zero-order valence-electron chi connectivity index (χ0n) is 11.5. The van der Waals surface area contributed by atoms with E-state index in [0.717, 1.165) is 44.9 Å². The van der Waals surface area contributed by atoms with Crippen LogP contribution in [0.3, 0.4) is 0 Å². The lowest BCUT2D eigenvalue weighted by Gasteiger charge is -2.10. The number of carboxylic acid groups (broad SMARTS) is 2. The van der Waals surface area contributed by atoms with Crippen LogP contribution in [0.15, 0.2) is 0 Å². The van der Waals surface area contributed by atoms with E-state index in [1.807, 2.05) is 0 Å². The second-order valence-electron chi connectivity index (χ2n) is 4.95. The van der Waals surface area contributed by atoms with Gasteiger partial charge in [-0.2, -0.15) is 0 Å². The Balaban J connectivity index is 3.34. The number of aliphatic carboxylic acids is 2. The maximum Gasteiger partial charge on any atom is 0.306 e. The van der Waals surface area contributed by atoms with Gasteiger partial charge >= 0.3 is 11.9 Å². The van der Waals surface area contributed by atoms with Gasteiger partial charge in [0.15, 0.2) is 0 Å². The Morgan fingerprint density at radius 3 is 1.79 bits per heavy atom. The van der Waals surface area contributed by atoms with Crippen LogP contribution in [0, 0.1) is 5.92 Å². The van der Waals surface area contributed by atoms with Crippen LogP contribution in [0.25, 0.3) is 0 Å². The Morgan fingerprint density at radius 2 is 1.32 bits per heavy atom. The summed E-state index contributed by atoms with van der Waals surface area (Å²) in [4.78, 5) is 21.1. The molecule has 112 valence electrons. The highest BCUT2D eigenvalue weighted by molar-refractivity contribution is 5.69. The monoisotopic (exact) mass is 274 g/mol. The SMILES string of the molecule is O=C(O)CCCCCCCCCC(CCO)C(=O)O. The molecule has 5 heteroatoms. The average Bonchev–Trinajstić information content (AvgIpc) is 2.34. The van der Waals surface area contributed by atoms with E-state index in [4.69, 9.17) is 15.3 Å². The van der Waals surface area contributed by atoms with E-state index in [1.54, 1.807) is 0 Å². The van der Waals surface area contributed by atoms with Crippen LogP contribution in [-0.2, 0) is 9.59 Å². The second-order valence-corrected chi connectivity index (χ2v) is 4.95. The molecule has 1 unspecified atom stereocenters. The third-order valence-electron chi connectivity index (χ3n) is 3.27. The molecular formula is C14H26O5. The Hall–Kier alpha value is -1.10. The normalized spacial score (nSPS) is 12.3. The molecule has 0 aliphatic rings. The first-order chi connectivity index (χ1) is 9.07. The molecule has 0 aliphatic carbocycles. The summed E-state index contributed by atoms with van der Waals surface area (Å²) in [5.74, 6) is -1.97. The molecule has 0 aliphatic heterocycles. The number of hydrogen-bond donors (Lipinski definition) is 3. The van der Waals surface area contributed by atoms with Gasteiger partial charge in [0.1, 0.15) is 0 Å². The molecule has 0 aromatic rings. The van der Waals surface area contributed by atoms with Crippen LogP contribution < -0.4 is 0 Å². The van der Waals surface area contributed by atoms with E-state index in [0.29, 0.717) is 12.8 Å². The quantitative estimate of drug-likeness (QED) is 0.449. The van der Waals surface area contributed by atoms with E-state index >= 15 is 0 Å². The third-order valence-corrected chi connectivity index (χ3v) is 3.27. The van der Waals surface area contributed by atoms with Gasteiger partial charge in [-0.15, -0.1) is 0 Å². The summed E-state index contributed by atoms with van der Waals surface area (Å²) in [5.41, 5.74) is 0. The van der Waals surface area contributed by atoms with Gasteiger partial charge in [0, 0.05) is 13.0 Å². The molecule has 0 rings (SSSR count). The summed E-state index contributed by atoms with van der Waals surface area (Å²) in [7, 11) is 0. The zero-order valence-corrected chi connectivity index (χ0v) is 11.5. The molecule has 19 heavy (non-hydrogen) atoms. The number of aliphatic hydroxyl groups is 1. The van der Waals surface area contributed by atoms with Crippen molar-refractivity contribution in [3.05, 3.63) is 0 Å². The molecule has 0 amide bonds. The van der Waals surface area contributed by atoms with Crippen LogP contribution in [0.5, 0.6) is 0 Å². The van der Waals surface area contributed by atoms with Gasteiger partial charge in [0.25, 0.3) is 0 Å². The van der Waals surface area contributed by atoms with Crippen LogP contribution in [-0.4, -0.2) is 33.9 Å². The molecule has 0 saturated heterocycles. The van der Waals surface area contributed by atoms with Gasteiger partial charge in [-0.05, 0) is 19.3 Å². The summed E-state index contributed by atoms with van der Waals surface area (Å²) >= 11 is 0. The van der Waals surface area contributed by atoms with Gasteiger partial charge in [0.05, 0.1) is 5.92 Å². The van der Waals surface area contributed by atoms with Gasteiger partial charge in [0.2, 0.25) is 0 Å². The van der Waals surface area contributed by atoms with Crippen molar-refractivity contribution >= 4 is 11.9 Å². The van der Waals surface area contributed by atoms with Crippen molar-refractivity contribution in [1.29, 1.82) is 0 Å². The highest BCUT2D eigenvalue weighted by Gasteiger charge is 2.15. The predicted molar refractivity (Wildman–Crippen MR) is 72.0 cm³/mol. The fraction of sp³-hybridized carbons (Fsp3) is 0.857. The average molecular weight is 274 g/mol. The molecule has 0 radical (unpaired) electrons. The van der Waals surface area contributed by atoms with E-state index in [1.165, 1.54) is 0 Å². The summed E-state index contributed by atoms with van der Waals surface area (Å²) in [6.07, 6.45) is 8.00. The van der Waals surface area contributed by atoms with Crippen molar-refractivity contribution in [2.45, 2.75) is 64.2 Å². The molecule has 0 aromatic carbocycles. The van der Waals surface area contributed by atoms with E-state index in [-0.39, 0.29) is 13.0 Å². The van der Waals surface area contributed by atoms with Crippen molar-refractivity contribution in [1.82, 2.24) is 0 Å². The van der Waals surface area contributed by atoms with Crippen molar-refractivity contribution in [2.75, 3.05) is 6.61 Å². The number of rotatable bonds is 13. The molecule has 1 atom stereocenters. The fourth-order valence-electron chi connectivity index (χ4n) is 2.10. The van der Waals surface area contributed by atoms with Crippen LogP contribution in [0.4, 0.5) is 0 Å². The predicted octanol–water partition coefficient (Wildman–Crippen LogP) is 2.67. The van der Waals surface area contributed by atoms with Crippen LogP contribution >= 0.6 is 0 Å². The van der Waals surface area contributed by atoms with Crippen LogP contribution in [0.2, 0.25) is 0 Å². The standard InChI is InChI=1S/C14H26O5/c15-11-10-12(14(18)19)8-6-4-2-1-3-5-7-9-13(16)17/h12,15H,1-11H2,(H,16,17)(H,18,19). The first kappa shape index (κ1) is 17.9. The second kappa shape index (κ2) is 12.0. The molecule has 0 spiro atoms. The Kier molecular flexibility index (Phi) is 11.3. The van der Waals surface area contributed by atoms with E-state index in [2.05, 4.69) is 0 Å². The lowest BCUT2D eigenvalue weighted by atomic mass is 9.97. The topological polar surface area (TPSA) is 94.8 Å². The lowest BCUT2D eigenvalue weighted by molar-refractivity contribution is -0.142. The zero-order chi connectivity index (χ0) is 14.5. The largest absolute Gasteiger partial charge is 0.481 e. The number of aliphatic hydroxyl groups excluding tert-OH is 1. The first-order valence-corrected chi connectivity index (χ1v) is 7.13. The molecule has 0 heterocycles. The molecule has 0 bridgehead atoms. The summed E-state index contributed by atoms with van der Waals surface area (Å²) < 4.78 is 0. The maximum atomic E-state index is 10.8. The van der Waals surface area contributed by atoms with Crippen molar-refractivity contribution < 1.29 is 24.9 Å². The number of hydrogen-bond acceptors (Lipinski definition) is 3. The summed E-state index contributed by atoms with van der Waals surface area (Å²) in [6, 6.07) is 0. The van der Waals surface area contributed by atoms with E-state index < -0.39 is 17.9 Å². The van der Waals surface area contributed by atoms with Gasteiger partial charge in [-0.25, -0.2) is 0 Å². The molecule has 5 nitrogen and oxygen atoms in total. The smallest absolute Gasteiger partial charge is 0.306 e. The van der Waals surface area contributed by atoms with Crippen molar-refractivity contribution in [3.8, 4) is 0 Å². The highest BCUT2D eigenvalue weighted by atomic mass is 16.4. The minimum Gasteiger partial charge on any atom is -0.481 e. The third kappa shape index (κ3) is 11.7. The Labute approximate surface area is 114 Å². The summed E-state index contributed by atoms with van der Waals surface area (Å²) in [6.45, 7) is -0.0689. The van der Waals surface area contributed by atoms with Gasteiger partial charge < -0.3 is 15.3 Å². The molecule has 3 N–H and O–H groups in total. The first-order valence-electron chi connectivity index (χ1n) is 7.13. The van der Waals surface area contributed by atoms with Gasteiger partial charge in [-0.1, -0.05) is 38.5 Å². The number of carboxylic acids is 2. The Bertz CT molecular complexity index is 252. The molecule has 0 fully saturated rings. The minimum absolute atomic E-state index is 0.0689. The number of unbranched alkanes of at least 4 members (excludes halogenated alkanes) is 6.